The number of carboxylic acids is 1. The lowest BCUT2D eigenvalue weighted by atomic mass is 10.1. The number of carboxylic acid groups (broad SMARTS) is 1. The molecular weight excluding hydrogens is 259 g/mol. The second-order valence-corrected chi connectivity index (χ2v) is 4.88. The number of halogens is 2. The molecule has 1 N–H and O–H groups in total. The quantitative estimate of drug-likeness (QED) is 0.430. The topological polar surface area (TPSA) is 37.3 Å². The van der Waals surface area contributed by atoms with Gasteiger partial charge in [0.25, 0.3) is 0 Å². The lowest BCUT2D eigenvalue weighted by Crippen LogP contribution is -1.93. The summed E-state index contributed by atoms with van der Waals surface area (Å²) in [6.07, 6.45) is 11.5. The minimum atomic E-state index is -0.659. The molecule has 0 saturated carbocycles. The summed E-state index contributed by atoms with van der Waals surface area (Å²) in [7, 11) is 0. The first kappa shape index (κ1) is 19.4. The van der Waals surface area contributed by atoms with Gasteiger partial charge in [-0.2, -0.15) is 0 Å². The predicted octanol–water partition coefficient (Wildman–Crippen LogP) is 5.41. The molecule has 104 valence electrons. The average molecular weight is 285 g/mol. The summed E-state index contributed by atoms with van der Waals surface area (Å²) in [5, 5.41) is 8.61. The second kappa shape index (κ2) is 18.4. The van der Waals surface area contributed by atoms with Crippen LogP contribution in [0.1, 0.15) is 71.1 Å². The fraction of sp³-hybridized carbons (Fsp3) is 0.923. The van der Waals surface area contributed by atoms with Gasteiger partial charge in [-0.25, -0.2) is 0 Å². The van der Waals surface area contributed by atoms with E-state index < -0.39 is 5.97 Å². The number of rotatable bonds is 10. The Balaban J connectivity index is 0. The van der Waals surface area contributed by atoms with E-state index in [9.17, 15) is 4.79 Å². The first-order chi connectivity index (χ1) is 8.18. The highest BCUT2D eigenvalue weighted by Gasteiger charge is 1.96. The predicted molar refractivity (Wildman–Crippen MR) is 76.1 cm³/mol. The molecule has 0 amide bonds. The van der Waals surface area contributed by atoms with E-state index in [1.165, 1.54) is 44.9 Å². The minimum absolute atomic E-state index is 0.194. The molecule has 4 heteroatoms. The normalized spacial score (nSPS) is 9.59. The van der Waals surface area contributed by atoms with E-state index in [4.69, 9.17) is 28.3 Å². The number of carbonyl (C=O) groups is 1. The first-order valence-corrected chi connectivity index (χ1v) is 7.59. The third-order valence-electron chi connectivity index (χ3n) is 2.49. The summed E-state index contributed by atoms with van der Waals surface area (Å²) >= 11 is 9.53. The number of hydrogen-bond acceptors (Lipinski definition) is 1. The van der Waals surface area contributed by atoms with Crippen LogP contribution in [-0.4, -0.2) is 16.4 Å². The van der Waals surface area contributed by atoms with Crippen molar-refractivity contribution < 1.29 is 9.90 Å². The molecule has 0 aromatic carbocycles. The third-order valence-corrected chi connectivity index (χ3v) is 2.49. The molecule has 0 unspecified atom stereocenters. The number of aliphatic carboxylic acids is 1. The van der Waals surface area contributed by atoms with Crippen LogP contribution in [0.25, 0.3) is 0 Å². The maximum absolute atomic E-state index is 10.2. The maximum Gasteiger partial charge on any atom is 0.303 e. The van der Waals surface area contributed by atoms with Crippen molar-refractivity contribution in [1.29, 1.82) is 0 Å². The molecule has 0 fully saturated rings. The van der Waals surface area contributed by atoms with Gasteiger partial charge in [-0.05, 0) is 6.42 Å². The number of alkyl halides is 2. The van der Waals surface area contributed by atoms with Crippen molar-refractivity contribution in [1.82, 2.24) is 0 Å². The zero-order valence-corrected chi connectivity index (χ0v) is 12.4. The highest BCUT2D eigenvalue weighted by atomic mass is 35.5. The molecule has 0 radical (unpaired) electrons. The van der Waals surface area contributed by atoms with Crippen LogP contribution < -0.4 is 0 Å². The minimum Gasteiger partial charge on any atom is -0.481 e. The zero-order chi connectivity index (χ0) is 13.4. The van der Waals surface area contributed by atoms with Crippen LogP contribution in [0.5, 0.6) is 0 Å². The molecule has 0 aliphatic rings. The summed E-state index contributed by atoms with van der Waals surface area (Å²) in [6.45, 7) is 2.23. The first-order valence-electron chi connectivity index (χ1n) is 6.52. The van der Waals surface area contributed by atoms with Crippen molar-refractivity contribution in [2.45, 2.75) is 71.1 Å². The van der Waals surface area contributed by atoms with Gasteiger partial charge in [-0.1, -0.05) is 58.3 Å². The molecule has 0 bridgehead atoms. The van der Waals surface area contributed by atoms with Crippen molar-refractivity contribution >= 4 is 29.2 Å². The average Bonchev–Trinajstić information content (AvgIpc) is 2.27. The molecule has 0 rings (SSSR count). The molecular formula is C13H26Cl2O2. The third kappa shape index (κ3) is 25.9. The SMILES string of the molecule is CCCCCCCCCCCC(=O)O.ClCCl. The summed E-state index contributed by atoms with van der Waals surface area (Å²) < 4.78 is 0. The Labute approximate surface area is 116 Å². The van der Waals surface area contributed by atoms with Gasteiger partial charge in [0.15, 0.2) is 0 Å². The van der Waals surface area contributed by atoms with E-state index in [0.717, 1.165) is 12.8 Å². The van der Waals surface area contributed by atoms with Gasteiger partial charge in [-0.15, -0.1) is 23.2 Å². The molecule has 0 heterocycles. The fourth-order valence-electron chi connectivity index (χ4n) is 1.59. The van der Waals surface area contributed by atoms with Crippen LogP contribution in [0.4, 0.5) is 0 Å². The summed E-state index contributed by atoms with van der Waals surface area (Å²) in [6, 6.07) is 0. The van der Waals surface area contributed by atoms with E-state index in [2.05, 4.69) is 6.92 Å². The van der Waals surface area contributed by atoms with E-state index in [-0.39, 0.29) is 5.34 Å². The van der Waals surface area contributed by atoms with Crippen LogP contribution in [0, 0.1) is 0 Å². The van der Waals surface area contributed by atoms with E-state index in [1.54, 1.807) is 0 Å². The molecule has 0 aromatic heterocycles. The Morgan fingerprint density at radius 1 is 0.882 bits per heavy atom. The van der Waals surface area contributed by atoms with Crippen molar-refractivity contribution in [2.75, 3.05) is 5.34 Å². The van der Waals surface area contributed by atoms with Crippen LogP contribution >= 0.6 is 23.2 Å². The molecule has 0 atom stereocenters. The van der Waals surface area contributed by atoms with Gasteiger partial charge in [0, 0.05) is 6.42 Å². The molecule has 0 spiro atoms. The van der Waals surface area contributed by atoms with Crippen LogP contribution in [-0.2, 0) is 4.79 Å². The largest absolute Gasteiger partial charge is 0.481 e. The smallest absolute Gasteiger partial charge is 0.303 e. The van der Waals surface area contributed by atoms with Gasteiger partial charge < -0.3 is 5.11 Å². The molecule has 2 nitrogen and oxygen atoms in total. The van der Waals surface area contributed by atoms with Crippen molar-refractivity contribution in [2.24, 2.45) is 0 Å². The van der Waals surface area contributed by atoms with E-state index in [1.807, 2.05) is 0 Å². The Morgan fingerprint density at radius 2 is 1.24 bits per heavy atom. The van der Waals surface area contributed by atoms with Gasteiger partial charge in [0.1, 0.15) is 0 Å². The van der Waals surface area contributed by atoms with Gasteiger partial charge in [0.2, 0.25) is 0 Å². The summed E-state index contributed by atoms with van der Waals surface area (Å²) in [4.78, 5) is 10.2. The highest BCUT2D eigenvalue weighted by molar-refractivity contribution is 6.40. The van der Waals surface area contributed by atoms with Gasteiger partial charge in [0.05, 0.1) is 5.34 Å². The second-order valence-electron chi connectivity index (χ2n) is 4.07. The van der Waals surface area contributed by atoms with Crippen molar-refractivity contribution in [3.63, 3.8) is 0 Å². The van der Waals surface area contributed by atoms with Gasteiger partial charge >= 0.3 is 5.97 Å². The van der Waals surface area contributed by atoms with Crippen LogP contribution in [0.3, 0.4) is 0 Å². The zero-order valence-electron chi connectivity index (χ0n) is 10.9. The highest BCUT2D eigenvalue weighted by Crippen LogP contribution is 2.10. The standard InChI is InChI=1S/C12H24O2.CH2Cl2/c1-2-3-4-5-6-7-8-9-10-11-12(13)14;2-1-3/h2-11H2,1H3,(H,13,14);1H2. The summed E-state index contributed by atoms with van der Waals surface area (Å²) in [5.41, 5.74) is 0. The van der Waals surface area contributed by atoms with Crippen LogP contribution in [0.15, 0.2) is 0 Å². The molecule has 0 aromatic rings. The number of unbranched alkanes of at least 4 members (excludes halogenated alkanes) is 8. The maximum atomic E-state index is 10.2. The van der Waals surface area contributed by atoms with Gasteiger partial charge in [-0.3, -0.25) is 4.79 Å². The molecule has 17 heavy (non-hydrogen) atoms. The Morgan fingerprint density at radius 3 is 1.59 bits per heavy atom. The molecule has 0 aliphatic heterocycles. The van der Waals surface area contributed by atoms with E-state index >= 15 is 0 Å². The van der Waals surface area contributed by atoms with E-state index in [0.29, 0.717) is 6.42 Å². The van der Waals surface area contributed by atoms with Crippen LogP contribution in [0.2, 0.25) is 0 Å². The fourth-order valence-corrected chi connectivity index (χ4v) is 1.59. The lowest BCUT2D eigenvalue weighted by molar-refractivity contribution is -0.137. The molecule has 0 saturated heterocycles. The van der Waals surface area contributed by atoms with Crippen molar-refractivity contribution in [3.05, 3.63) is 0 Å². The molecule has 0 aliphatic carbocycles. The van der Waals surface area contributed by atoms with Crippen molar-refractivity contribution in [3.8, 4) is 0 Å². The Hall–Kier alpha value is 0.0500. The summed E-state index contributed by atoms with van der Waals surface area (Å²) in [5.74, 6) is -0.659. The Bertz CT molecular complexity index is 152. The number of hydrogen-bond donors (Lipinski definition) is 1. The monoisotopic (exact) mass is 284 g/mol. The lowest BCUT2D eigenvalue weighted by Gasteiger charge is -2.00. The Kier molecular flexibility index (Phi) is 21.0.